The summed E-state index contributed by atoms with van der Waals surface area (Å²) in [6.07, 6.45) is -30.8. The Kier molecular flexibility index (Phi) is 11.5. The average molecular weight is 621 g/mol. The second-order valence-corrected chi connectivity index (χ2v) is 10.7. The molecule has 42 heavy (non-hydrogen) atoms. The number of aliphatic hydroxyl groups excluding tert-OH is 12. The second-order valence-electron chi connectivity index (χ2n) is 10.7. The van der Waals surface area contributed by atoms with Crippen LogP contribution in [-0.2, 0) is 33.2 Å². The number of hydrogen-bond donors (Lipinski definition) is 12. The van der Waals surface area contributed by atoms with Gasteiger partial charge in [0, 0.05) is 0 Å². The standard InChI is InChI=1S/C23H40O19/c1-5-9(26)13(30)17(34)21(37-5)36-4-8-12(29)14(31)18(20(35)38-8)41-23-19(15(32)10(27)6(2-24)40-23)42-22-16(33)11(28)7(3-25)39-22/h5-35H,2-4H2,1H3/t5-,6+,7+,8+,9-,10+,11+,12+,13+,14-,15-,16-,17+,18+,19-,20?,21+,22+,23+/m0/s1. The van der Waals surface area contributed by atoms with Crippen molar-refractivity contribution in [3.8, 4) is 0 Å². The van der Waals surface area contributed by atoms with Gasteiger partial charge in [-0.2, -0.15) is 0 Å². The molecule has 246 valence electrons. The van der Waals surface area contributed by atoms with Crippen LogP contribution in [-0.4, -0.2) is 198 Å². The van der Waals surface area contributed by atoms with Crippen molar-refractivity contribution in [3.05, 3.63) is 0 Å². The first-order valence-electron chi connectivity index (χ1n) is 13.4. The maximum Gasteiger partial charge on any atom is 0.187 e. The van der Waals surface area contributed by atoms with Gasteiger partial charge in [-0.1, -0.05) is 0 Å². The van der Waals surface area contributed by atoms with Gasteiger partial charge in [0.1, 0.15) is 85.5 Å². The van der Waals surface area contributed by atoms with Crippen molar-refractivity contribution in [2.45, 2.75) is 124 Å². The first kappa shape index (κ1) is 34.1. The van der Waals surface area contributed by atoms with Gasteiger partial charge in [-0.25, -0.2) is 0 Å². The van der Waals surface area contributed by atoms with Crippen molar-refractivity contribution in [1.29, 1.82) is 0 Å². The molecule has 19 nitrogen and oxygen atoms in total. The van der Waals surface area contributed by atoms with E-state index in [1.165, 1.54) is 6.92 Å². The molecule has 12 N–H and O–H groups in total. The number of ether oxygens (including phenoxy) is 7. The smallest absolute Gasteiger partial charge is 0.187 e. The van der Waals surface area contributed by atoms with Crippen molar-refractivity contribution in [3.63, 3.8) is 0 Å². The maximum atomic E-state index is 10.8. The van der Waals surface area contributed by atoms with Gasteiger partial charge in [-0.15, -0.1) is 0 Å². The lowest BCUT2D eigenvalue weighted by Crippen LogP contribution is -2.65. The van der Waals surface area contributed by atoms with Gasteiger partial charge >= 0.3 is 0 Å². The SMILES string of the molecule is C[C@@H]1O[C@@H](OC[C@H]2OC(O)[C@H](O[C@H]3O[C@H](CO)[C@@H](O)[C@H](O)[C@@H]3O[C@H]3O[C@H](CO)[C@@H](O)[C@@H]3O)[C@@H](O)[C@@H]2O)[C@H](O)[C@H](O)[C@H]1O. The predicted molar refractivity (Wildman–Crippen MR) is 126 cm³/mol. The minimum absolute atomic E-state index is 0.576. The molecule has 4 aliphatic rings. The molecule has 0 aromatic rings. The molecular formula is C23H40O19. The van der Waals surface area contributed by atoms with Crippen LogP contribution in [0.1, 0.15) is 6.92 Å². The Labute approximate surface area is 238 Å². The van der Waals surface area contributed by atoms with Crippen molar-refractivity contribution in [1.82, 2.24) is 0 Å². The van der Waals surface area contributed by atoms with Gasteiger partial charge in [0.05, 0.1) is 25.9 Å². The minimum atomic E-state index is -1.99. The zero-order valence-electron chi connectivity index (χ0n) is 22.3. The Hall–Kier alpha value is -0.760. The van der Waals surface area contributed by atoms with Crippen LogP contribution in [0.4, 0.5) is 0 Å². The van der Waals surface area contributed by atoms with E-state index in [2.05, 4.69) is 0 Å². The topological polar surface area (TPSA) is 307 Å². The monoisotopic (exact) mass is 620 g/mol. The quantitative estimate of drug-likeness (QED) is 0.114. The Bertz CT molecular complexity index is 855. The third-order valence-electron chi connectivity index (χ3n) is 7.80. The van der Waals surface area contributed by atoms with E-state index in [4.69, 9.17) is 33.2 Å². The first-order chi connectivity index (χ1) is 19.8. The molecule has 4 fully saturated rings. The fourth-order valence-corrected chi connectivity index (χ4v) is 5.14. The van der Waals surface area contributed by atoms with E-state index in [1.54, 1.807) is 0 Å². The predicted octanol–water partition coefficient (Wildman–Crippen LogP) is -8.08. The zero-order valence-corrected chi connectivity index (χ0v) is 22.3. The average Bonchev–Trinajstić information content (AvgIpc) is 3.24. The van der Waals surface area contributed by atoms with Gasteiger partial charge < -0.3 is 94.4 Å². The molecule has 1 unspecified atom stereocenters. The van der Waals surface area contributed by atoms with Crippen LogP contribution in [0.2, 0.25) is 0 Å². The first-order valence-corrected chi connectivity index (χ1v) is 13.4. The summed E-state index contributed by atoms with van der Waals surface area (Å²) in [5, 5.41) is 122. The summed E-state index contributed by atoms with van der Waals surface area (Å²) in [4.78, 5) is 0. The van der Waals surface area contributed by atoms with E-state index in [1.807, 2.05) is 0 Å². The zero-order chi connectivity index (χ0) is 31.0. The highest BCUT2D eigenvalue weighted by atomic mass is 16.8. The van der Waals surface area contributed by atoms with E-state index in [9.17, 15) is 61.3 Å². The molecule has 0 spiro atoms. The summed E-state index contributed by atoms with van der Waals surface area (Å²) in [7, 11) is 0. The highest BCUT2D eigenvalue weighted by Crippen LogP contribution is 2.33. The van der Waals surface area contributed by atoms with E-state index in [0.29, 0.717) is 0 Å². The molecule has 0 aliphatic carbocycles. The summed E-state index contributed by atoms with van der Waals surface area (Å²) in [6, 6.07) is 0. The van der Waals surface area contributed by atoms with Crippen molar-refractivity contribution >= 4 is 0 Å². The molecule has 0 aromatic carbocycles. The largest absolute Gasteiger partial charge is 0.394 e. The summed E-state index contributed by atoms with van der Waals surface area (Å²) in [5.74, 6) is 0. The Morgan fingerprint density at radius 1 is 0.476 bits per heavy atom. The van der Waals surface area contributed by atoms with E-state index >= 15 is 0 Å². The third-order valence-corrected chi connectivity index (χ3v) is 7.80. The van der Waals surface area contributed by atoms with Gasteiger partial charge in [0.15, 0.2) is 25.2 Å². The fourth-order valence-electron chi connectivity index (χ4n) is 5.14. The fraction of sp³-hybridized carbons (Fsp3) is 1.00. The molecule has 0 bridgehead atoms. The molecule has 0 amide bonds. The van der Waals surface area contributed by atoms with Crippen molar-refractivity contribution in [2.24, 2.45) is 0 Å². The molecule has 0 radical (unpaired) electrons. The van der Waals surface area contributed by atoms with Crippen molar-refractivity contribution in [2.75, 3.05) is 19.8 Å². The molecule has 4 heterocycles. The molecule has 4 saturated heterocycles. The lowest BCUT2D eigenvalue weighted by Gasteiger charge is -2.46. The van der Waals surface area contributed by atoms with Crippen molar-refractivity contribution < 1.29 is 94.4 Å². The number of rotatable bonds is 9. The normalized spacial score (nSPS) is 53.8. The molecular weight excluding hydrogens is 580 g/mol. The molecule has 4 rings (SSSR count). The molecule has 0 saturated carbocycles. The Morgan fingerprint density at radius 2 is 0.976 bits per heavy atom. The molecule has 4 aliphatic heterocycles. The molecule has 19 atom stereocenters. The summed E-state index contributed by atoms with van der Waals surface area (Å²) in [6.45, 7) is -0.656. The van der Waals surface area contributed by atoms with Gasteiger partial charge in [-0.05, 0) is 6.92 Å². The van der Waals surface area contributed by atoms with Gasteiger partial charge in [-0.3, -0.25) is 0 Å². The highest BCUT2D eigenvalue weighted by Gasteiger charge is 2.54. The lowest BCUT2D eigenvalue weighted by molar-refractivity contribution is -0.380. The molecule has 0 aromatic heterocycles. The lowest BCUT2D eigenvalue weighted by atomic mass is 9.97. The number of aliphatic hydroxyl groups is 12. The summed E-state index contributed by atoms with van der Waals surface area (Å²) < 4.78 is 37.8. The summed E-state index contributed by atoms with van der Waals surface area (Å²) >= 11 is 0. The maximum absolute atomic E-state index is 10.8. The Balaban J connectivity index is 1.42. The van der Waals surface area contributed by atoms with E-state index in [0.717, 1.165) is 0 Å². The third kappa shape index (κ3) is 6.74. The van der Waals surface area contributed by atoms with Crippen LogP contribution in [0.15, 0.2) is 0 Å². The minimum Gasteiger partial charge on any atom is -0.394 e. The second kappa shape index (κ2) is 14.1. The summed E-state index contributed by atoms with van der Waals surface area (Å²) in [5.41, 5.74) is 0. The van der Waals surface area contributed by atoms with Gasteiger partial charge in [0.25, 0.3) is 0 Å². The highest BCUT2D eigenvalue weighted by molar-refractivity contribution is 4.96. The van der Waals surface area contributed by atoms with Crippen LogP contribution in [0.5, 0.6) is 0 Å². The van der Waals surface area contributed by atoms with E-state index in [-0.39, 0.29) is 0 Å². The van der Waals surface area contributed by atoms with Crippen LogP contribution in [0.25, 0.3) is 0 Å². The Morgan fingerprint density at radius 3 is 1.60 bits per heavy atom. The van der Waals surface area contributed by atoms with Crippen LogP contribution in [0, 0.1) is 0 Å². The molecule has 19 heteroatoms. The van der Waals surface area contributed by atoms with Crippen LogP contribution in [0.3, 0.4) is 0 Å². The van der Waals surface area contributed by atoms with Crippen LogP contribution < -0.4 is 0 Å². The number of hydrogen-bond acceptors (Lipinski definition) is 19. The van der Waals surface area contributed by atoms with Gasteiger partial charge in [0.2, 0.25) is 0 Å². The van der Waals surface area contributed by atoms with E-state index < -0.39 is 137 Å². The van der Waals surface area contributed by atoms with Crippen LogP contribution >= 0.6 is 0 Å².